The van der Waals surface area contributed by atoms with Crippen LogP contribution in [-0.2, 0) is 0 Å². The average molecular weight is 460 g/mol. The molecule has 0 bridgehead atoms. The fraction of sp³-hybridized carbons (Fsp3) is 0.0800. The van der Waals surface area contributed by atoms with Crippen LogP contribution in [0.4, 0.5) is 5.69 Å². The highest BCUT2D eigenvalue weighted by Crippen LogP contribution is 2.24. The molecule has 0 saturated heterocycles. The van der Waals surface area contributed by atoms with Gasteiger partial charge < -0.3 is 15.2 Å². The normalized spacial score (nSPS) is 10.6. The van der Waals surface area contributed by atoms with Gasteiger partial charge in [0.2, 0.25) is 5.88 Å². The number of hydrogen-bond donors (Lipinski definition) is 2. The summed E-state index contributed by atoms with van der Waals surface area (Å²) in [7, 11) is 0. The number of hydrogen-bond acceptors (Lipinski definition) is 5. The first kappa shape index (κ1) is 22.0. The van der Waals surface area contributed by atoms with Gasteiger partial charge in [-0.3, -0.25) is 18.7 Å². The summed E-state index contributed by atoms with van der Waals surface area (Å²) in [6.45, 7) is 2.32. The van der Waals surface area contributed by atoms with Crippen molar-refractivity contribution in [2.45, 2.75) is 6.92 Å². The second kappa shape index (κ2) is 9.54. The van der Waals surface area contributed by atoms with E-state index in [2.05, 4.69) is 5.32 Å². The van der Waals surface area contributed by atoms with E-state index in [0.29, 0.717) is 29.4 Å². The number of para-hydroxylation sites is 2. The number of amides is 1. The van der Waals surface area contributed by atoms with Crippen molar-refractivity contribution in [1.29, 1.82) is 0 Å². The molecule has 8 heteroatoms. The predicted octanol–water partition coefficient (Wildman–Crippen LogP) is 4.71. The Morgan fingerprint density at radius 3 is 2.15 bits per heavy atom. The monoisotopic (exact) mass is 459 g/mol. The minimum atomic E-state index is -0.768. The minimum absolute atomic E-state index is 0.0322. The van der Waals surface area contributed by atoms with Crippen LogP contribution < -0.4 is 15.6 Å². The molecule has 33 heavy (non-hydrogen) atoms. The Labute approximate surface area is 195 Å². The van der Waals surface area contributed by atoms with Gasteiger partial charge in [0.05, 0.1) is 18.0 Å². The zero-order valence-corrected chi connectivity index (χ0v) is 18.6. The lowest BCUT2D eigenvalue weighted by atomic mass is 10.2. The number of benzene rings is 3. The van der Waals surface area contributed by atoms with E-state index >= 15 is 0 Å². The molecule has 0 saturated carbocycles. The Kier molecular flexibility index (Phi) is 6.37. The molecule has 4 rings (SSSR count). The molecule has 0 atom stereocenters. The third-order valence-electron chi connectivity index (χ3n) is 4.89. The third-order valence-corrected chi connectivity index (χ3v) is 5.26. The standard InChI is InChI=1S/C25H21N3O4S/c1-2-32-20-15-9-10-17(16-20)26-22(29)21-23(30)27(18-11-5-3-6-12-18)25(33)28(24(21)31)19-13-7-4-8-14-19/h3-16,30H,2H2,1H3,(H,26,29). The van der Waals surface area contributed by atoms with Gasteiger partial charge in [0.15, 0.2) is 10.3 Å². The molecule has 0 aliphatic rings. The molecular formula is C25H21N3O4S. The number of nitrogens with zero attached hydrogens (tertiary/aromatic N) is 2. The van der Waals surface area contributed by atoms with E-state index in [1.165, 1.54) is 9.13 Å². The first-order chi connectivity index (χ1) is 16.0. The van der Waals surface area contributed by atoms with Gasteiger partial charge in [0.25, 0.3) is 11.5 Å². The molecule has 166 valence electrons. The molecular weight excluding hydrogens is 438 g/mol. The van der Waals surface area contributed by atoms with E-state index in [9.17, 15) is 14.7 Å². The van der Waals surface area contributed by atoms with E-state index in [1.807, 2.05) is 19.1 Å². The van der Waals surface area contributed by atoms with Crippen LogP contribution in [0, 0.1) is 4.77 Å². The zero-order valence-electron chi connectivity index (χ0n) is 17.8. The maximum Gasteiger partial charge on any atom is 0.275 e. The first-order valence-electron chi connectivity index (χ1n) is 10.3. The Hall–Kier alpha value is -4.17. The molecule has 4 aromatic rings. The molecule has 1 amide bonds. The van der Waals surface area contributed by atoms with Crippen LogP contribution in [0.3, 0.4) is 0 Å². The zero-order chi connectivity index (χ0) is 23.4. The summed E-state index contributed by atoms with van der Waals surface area (Å²) < 4.78 is 8.03. The highest BCUT2D eigenvalue weighted by Gasteiger charge is 2.24. The van der Waals surface area contributed by atoms with Crippen molar-refractivity contribution in [3.63, 3.8) is 0 Å². The summed E-state index contributed by atoms with van der Waals surface area (Å²) in [5, 5.41) is 13.7. The van der Waals surface area contributed by atoms with Crippen LogP contribution in [0.2, 0.25) is 0 Å². The largest absolute Gasteiger partial charge is 0.494 e. The van der Waals surface area contributed by atoms with Crippen LogP contribution in [0.25, 0.3) is 11.4 Å². The van der Waals surface area contributed by atoms with E-state index in [1.54, 1.807) is 72.8 Å². The predicted molar refractivity (Wildman–Crippen MR) is 129 cm³/mol. The lowest BCUT2D eigenvalue weighted by Gasteiger charge is -2.17. The Morgan fingerprint density at radius 1 is 0.939 bits per heavy atom. The van der Waals surface area contributed by atoms with Crippen molar-refractivity contribution < 1.29 is 14.6 Å². The number of ether oxygens (including phenoxy) is 1. The summed E-state index contributed by atoms with van der Waals surface area (Å²) in [4.78, 5) is 26.7. The van der Waals surface area contributed by atoms with Gasteiger partial charge in [-0.05, 0) is 55.5 Å². The van der Waals surface area contributed by atoms with Gasteiger partial charge in [-0.15, -0.1) is 0 Å². The number of rotatable bonds is 6. The lowest BCUT2D eigenvalue weighted by Crippen LogP contribution is -2.32. The van der Waals surface area contributed by atoms with Gasteiger partial charge in [-0.2, -0.15) is 0 Å². The Bertz CT molecular complexity index is 1410. The van der Waals surface area contributed by atoms with Crippen LogP contribution in [0.15, 0.2) is 89.7 Å². The molecule has 2 N–H and O–H groups in total. The van der Waals surface area contributed by atoms with Crippen molar-refractivity contribution >= 4 is 23.8 Å². The third kappa shape index (κ3) is 4.42. The van der Waals surface area contributed by atoms with E-state index in [4.69, 9.17) is 17.0 Å². The highest BCUT2D eigenvalue weighted by molar-refractivity contribution is 7.71. The molecule has 0 aliphatic heterocycles. The lowest BCUT2D eigenvalue weighted by molar-refractivity contribution is 0.102. The number of anilines is 1. The fourth-order valence-electron chi connectivity index (χ4n) is 3.43. The number of carbonyl (C=O) groups excluding carboxylic acids is 1. The van der Waals surface area contributed by atoms with Gasteiger partial charge in [0, 0.05) is 11.8 Å². The van der Waals surface area contributed by atoms with E-state index < -0.39 is 22.9 Å². The van der Waals surface area contributed by atoms with Crippen LogP contribution >= 0.6 is 12.2 Å². The highest BCUT2D eigenvalue weighted by atomic mass is 32.1. The quantitative estimate of drug-likeness (QED) is 0.408. The molecule has 7 nitrogen and oxygen atoms in total. The van der Waals surface area contributed by atoms with E-state index in [-0.39, 0.29) is 4.77 Å². The van der Waals surface area contributed by atoms with Crippen molar-refractivity contribution in [2.75, 3.05) is 11.9 Å². The topological polar surface area (TPSA) is 85.5 Å². The maximum absolute atomic E-state index is 13.4. The average Bonchev–Trinajstić information content (AvgIpc) is 2.81. The van der Waals surface area contributed by atoms with Crippen molar-refractivity contribution in [3.8, 4) is 23.0 Å². The van der Waals surface area contributed by atoms with Crippen LogP contribution in [0.1, 0.15) is 17.3 Å². The molecule has 0 radical (unpaired) electrons. The van der Waals surface area contributed by atoms with Crippen molar-refractivity contribution in [3.05, 3.63) is 106 Å². The molecule has 0 fully saturated rings. The molecule has 0 aliphatic carbocycles. The Morgan fingerprint density at radius 2 is 1.55 bits per heavy atom. The van der Waals surface area contributed by atoms with Crippen molar-refractivity contribution in [2.24, 2.45) is 0 Å². The smallest absolute Gasteiger partial charge is 0.275 e. The minimum Gasteiger partial charge on any atom is -0.494 e. The number of aromatic nitrogens is 2. The SMILES string of the molecule is CCOc1cccc(NC(=O)c2c(O)n(-c3ccccc3)c(=S)n(-c3ccccc3)c2=O)c1. The maximum atomic E-state index is 13.4. The Balaban J connectivity index is 1.91. The second-order valence-electron chi connectivity index (χ2n) is 7.04. The fourth-order valence-corrected chi connectivity index (χ4v) is 3.81. The number of aromatic hydroxyl groups is 1. The summed E-state index contributed by atoms with van der Waals surface area (Å²) in [5.41, 5.74) is 0.249. The summed E-state index contributed by atoms with van der Waals surface area (Å²) in [5.74, 6) is -0.737. The molecule has 0 unspecified atom stereocenters. The van der Waals surface area contributed by atoms with Crippen LogP contribution in [0.5, 0.6) is 11.6 Å². The van der Waals surface area contributed by atoms with Gasteiger partial charge in [-0.1, -0.05) is 42.5 Å². The summed E-state index contributed by atoms with van der Waals surface area (Å²) >= 11 is 5.57. The molecule has 3 aromatic carbocycles. The van der Waals surface area contributed by atoms with E-state index in [0.717, 1.165) is 0 Å². The van der Waals surface area contributed by atoms with Crippen molar-refractivity contribution in [1.82, 2.24) is 9.13 Å². The van der Waals surface area contributed by atoms with Gasteiger partial charge >= 0.3 is 0 Å². The first-order valence-corrected chi connectivity index (χ1v) is 10.7. The second-order valence-corrected chi connectivity index (χ2v) is 7.41. The summed E-state index contributed by atoms with van der Waals surface area (Å²) in [6, 6.07) is 24.3. The summed E-state index contributed by atoms with van der Waals surface area (Å²) in [6.07, 6.45) is 0. The van der Waals surface area contributed by atoms with Gasteiger partial charge in [-0.25, -0.2) is 0 Å². The molecule has 1 aromatic heterocycles. The molecule has 0 spiro atoms. The number of carbonyl (C=O) groups is 1. The van der Waals surface area contributed by atoms with Crippen LogP contribution in [-0.4, -0.2) is 26.8 Å². The van der Waals surface area contributed by atoms with Gasteiger partial charge in [0.1, 0.15) is 5.75 Å². The number of nitrogens with one attached hydrogen (secondary N) is 1. The molecule has 1 heterocycles.